The van der Waals surface area contributed by atoms with Gasteiger partial charge in [-0.2, -0.15) is 0 Å². The van der Waals surface area contributed by atoms with E-state index in [9.17, 15) is 4.79 Å². The van der Waals surface area contributed by atoms with Crippen molar-refractivity contribution in [2.45, 2.75) is 24.0 Å². The highest BCUT2D eigenvalue weighted by atomic mass is 79.9. The molecule has 0 aliphatic carbocycles. The lowest BCUT2D eigenvalue weighted by Crippen LogP contribution is -2.39. The summed E-state index contributed by atoms with van der Waals surface area (Å²) in [7, 11) is 0. The van der Waals surface area contributed by atoms with Crippen LogP contribution in [0.4, 0.5) is 0 Å². The third-order valence-electron chi connectivity index (χ3n) is 2.66. The lowest BCUT2D eigenvalue weighted by atomic mass is 10.2. The Bertz CT molecular complexity index is 238. The molecule has 2 rings (SSSR count). The Hall–Kier alpha value is -0.130. The predicted molar refractivity (Wildman–Crippen MR) is 54.2 cm³/mol. The molecule has 0 saturated carbocycles. The number of amides is 1. The second kappa shape index (κ2) is 3.79. The summed E-state index contributed by atoms with van der Waals surface area (Å²) < 4.78 is 11.1. The molecular formula is C9H14BrNO3. The van der Waals surface area contributed by atoms with Gasteiger partial charge in [-0.15, -0.1) is 0 Å². The van der Waals surface area contributed by atoms with Gasteiger partial charge in [0.25, 0.3) is 0 Å². The van der Waals surface area contributed by atoms with Crippen molar-refractivity contribution in [3.05, 3.63) is 0 Å². The lowest BCUT2D eigenvalue weighted by Gasteiger charge is -2.22. The maximum atomic E-state index is 11.7. The van der Waals surface area contributed by atoms with Gasteiger partial charge in [0.1, 0.15) is 0 Å². The van der Waals surface area contributed by atoms with Crippen molar-refractivity contribution in [3.8, 4) is 0 Å². The van der Waals surface area contributed by atoms with Crippen molar-refractivity contribution in [1.29, 1.82) is 0 Å². The highest BCUT2D eigenvalue weighted by molar-refractivity contribution is 9.10. The second-order valence-electron chi connectivity index (χ2n) is 3.73. The van der Waals surface area contributed by atoms with Crippen LogP contribution >= 0.6 is 15.9 Å². The molecule has 0 aromatic rings. The van der Waals surface area contributed by atoms with Crippen LogP contribution in [0.5, 0.6) is 0 Å². The number of alkyl halides is 1. The standard InChI is InChI=1S/C9H14BrNO3/c1-7(10)8(12)11-3-2-9(6-11)13-4-5-14-9/h7H,2-6H2,1H3. The first-order chi connectivity index (χ1) is 6.63. The zero-order valence-electron chi connectivity index (χ0n) is 8.16. The van der Waals surface area contributed by atoms with Gasteiger partial charge in [-0.05, 0) is 6.92 Å². The Labute approximate surface area is 91.7 Å². The number of nitrogens with zero attached hydrogens (tertiary/aromatic N) is 1. The van der Waals surface area contributed by atoms with Gasteiger partial charge in [-0.1, -0.05) is 15.9 Å². The minimum absolute atomic E-state index is 0.112. The van der Waals surface area contributed by atoms with Gasteiger partial charge >= 0.3 is 0 Å². The fraction of sp³-hybridized carbons (Fsp3) is 0.889. The molecule has 2 aliphatic rings. The van der Waals surface area contributed by atoms with E-state index in [2.05, 4.69) is 15.9 Å². The van der Waals surface area contributed by atoms with E-state index >= 15 is 0 Å². The molecule has 1 spiro atoms. The van der Waals surface area contributed by atoms with Crippen LogP contribution in [0.2, 0.25) is 0 Å². The Kier molecular flexibility index (Phi) is 2.81. The number of likely N-dealkylation sites (tertiary alicyclic amines) is 1. The predicted octanol–water partition coefficient (Wildman–Crippen LogP) is 0.745. The molecule has 1 unspecified atom stereocenters. The van der Waals surface area contributed by atoms with Crippen LogP contribution in [-0.2, 0) is 14.3 Å². The Morgan fingerprint density at radius 3 is 2.71 bits per heavy atom. The van der Waals surface area contributed by atoms with Crippen molar-refractivity contribution < 1.29 is 14.3 Å². The molecule has 0 radical (unpaired) electrons. The van der Waals surface area contributed by atoms with Gasteiger partial charge in [-0.25, -0.2) is 0 Å². The fourth-order valence-electron chi connectivity index (χ4n) is 1.93. The quantitative estimate of drug-likeness (QED) is 0.656. The van der Waals surface area contributed by atoms with Gasteiger partial charge in [-0.3, -0.25) is 4.79 Å². The molecule has 5 heteroatoms. The average Bonchev–Trinajstić information content (AvgIpc) is 2.76. The average molecular weight is 264 g/mol. The molecule has 0 bridgehead atoms. The third kappa shape index (κ3) is 1.81. The van der Waals surface area contributed by atoms with E-state index in [1.54, 1.807) is 4.90 Å². The molecule has 4 nitrogen and oxygen atoms in total. The molecule has 0 aromatic heterocycles. The van der Waals surface area contributed by atoms with Crippen LogP contribution in [0.3, 0.4) is 0 Å². The van der Waals surface area contributed by atoms with Gasteiger partial charge < -0.3 is 14.4 Å². The number of carbonyl (C=O) groups is 1. The number of ether oxygens (including phenoxy) is 2. The van der Waals surface area contributed by atoms with Gasteiger partial charge in [0.15, 0.2) is 5.79 Å². The van der Waals surface area contributed by atoms with Gasteiger partial charge in [0.2, 0.25) is 5.91 Å². The monoisotopic (exact) mass is 263 g/mol. The lowest BCUT2D eigenvalue weighted by molar-refractivity contribution is -0.152. The van der Waals surface area contributed by atoms with E-state index in [1.165, 1.54) is 0 Å². The first-order valence-electron chi connectivity index (χ1n) is 4.84. The molecule has 2 saturated heterocycles. The number of hydrogen-bond donors (Lipinski definition) is 0. The van der Waals surface area contributed by atoms with Crippen molar-refractivity contribution in [3.63, 3.8) is 0 Å². The summed E-state index contributed by atoms with van der Waals surface area (Å²) in [6, 6.07) is 0. The minimum Gasteiger partial charge on any atom is -0.346 e. The van der Waals surface area contributed by atoms with Crippen molar-refractivity contribution >= 4 is 21.8 Å². The zero-order chi connectivity index (χ0) is 10.2. The highest BCUT2D eigenvalue weighted by Gasteiger charge is 2.45. The summed E-state index contributed by atoms with van der Waals surface area (Å²) in [5.41, 5.74) is 0. The van der Waals surface area contributed by atoms with Crippen LogP contribution < -0.4 is 0 Å². The van der Waals surface area contributed by atoms with E-state index < -0.39 is 5.79 Å². The molecule has 0 aromatic carbocycles. The topological polar surface area (TPSA) is 38.8 Å². The van der Waals surface area contributed by atoms with Crippen LogP contribution in [0, 0.1) is 0 Å². The van der Waals surface area contributed by atoms with Crippen LogP contribution in [0.1, 0.15) is 13.3 Å². The van der Waals surface area contributed by atoms with Gasteiger partial charge in [0, 0.05) is 13.0 Å². The summed E-state index contributed by atoms with van der Waals surface area (Å²) in [4.78, 5) is 13.3. The SMILES string of the molecule is CC(Br)C(=O)N1CCC2(C1)OCCO2. The summed E-state index contributed by atoms with van der Waals surface area (Å²) in [5, 5.41) is 0. The molecule has 2 aliphatic heterocycles. The van der Waals surface area contributed by atoms with Crippen molar-refractivity contribution in [1.82, 2.24) is 4.90 Å². The Morgan fingerprint density at radius 2 is 2.14 bits per heavy atom. The summed E-state index contributed by atoms with van der Waals surface area (Å²) in [6.45, 7) is 4.43. The molecule has 1 atom stereocenters. The molecule has 0 N–H and O–H groups in total. The number of halogens is 1. The first-order valence-corrected chi connectivity index (χ1v) is 5.75. The summed E-state index contributed by atoms with van der Waals surface area (Å²) >= 11 is 3.27. The summed E-state index contributed by atoms with van der Waals surface area (Å²) in [5.74, 6) is -0.377. The van der Waals surface area contributed by atoms with Gasteiger partial charge in [0.05, 0.1) is 24.6 Å². The van der Waals surface area contributed by atoms with E-state index in [1.807, 2.05) is 6.92 Å². The van der Waals surface area contributed by atoms with E-state index in [0.29, 0.717) is 19.8 Å². The number of rotatable bonds is 1. The molecule has 2 heterocycles. The second-order valence-corrected chi connectivity index (χ2v) is 5.11. The van der Waals surface area contributed by atoms with E-state index in [-0.39, 0.29) is 10.7 Å². The smallest absolute Gasteiger partial charge is 0.236 e. The normalized spacial score (nSPS) is 27.1. The molecule has 14 heavy (non-hydrogen) atoms. The number of hydrogen-bond acceptors (Lipinski definition) is 3. The van der Waals surface area contributed by atoms with E-state index in [4.69, 9.17) is 9.47 Å². The molecule has 2 fully saturated rings. The van der Waals surface area contributed by atoms with Crippen molar-refractivity contribution in [2.75, 3.05) is 26.3 Å². The minimum atomic E-state index is -0.489. The van der Waals surface area contributed by atoms with Crippen LogP contribution in [0.25, 0.3) is 0 Å². The highest BCUT2D eigenvalue weighted by Crippen LogP contribution is 2.30. The Morgan fingerprint density at radius 1 is 1.50 bits per heavy atom. The largest absolute Gasteiger partial charge is 0.346 e. The Balaban J connectivity index is 1.97. The van der Waals surface area contributed by atoms with Crippen LogP contribution in [0.15, 0.2) is 0 Å². The maximum absolute atomic E-state index is 11.7. The van der Waals surface area contributed by atoms with Crippen molar-refractivity contribution in [2.24, 2.45) is 0 Å². The summed E-state index contributed by atoms with van der Waals surface area (Å²) in [6.07, 6.45) is 0.790. The third-order valence-corrected chi connectivity index (χ3v) is 3.05. The molecule has 80 valence electrons. The van der Waals surface area contributed by atoms with Crippen LogP contribution in [-0.4, -0.2) is 47.7 Å². The van der Waals surface area contributed by atoms with E-state index in [0.717, 1.165) is 13.0 Å². The molecular weight excluding hydrogens is 250 g/mol. The number of carbonyl (C=O) groups excluding carboxylic acids is 1. The fourth-order valence-corrected chi connectivity index (χ4v) is 2.22. The zero-order valence-corrected chi connectivity index (χ0v) is 9.75. The maximum Gasteiger partial charge on any atom is 0.236 e. The molecule has 1 amide bonds. The first kappa shape index (κ1) is 10.4.